The van der Waals surface area contributed by atoms with E-state index in [0.717, 1.165) is 23.6 Å². The van der Waals surface area contributed by atoms with E-state index in [0.29, 0.717) is 6.54 Å². The standard InChI is InChI=1S/C17H22N2OS/c1-17(20,13-21-2)12-18-11-14-6-5-7-15(10-14)16-8-3-4-9-19-16/h3-10,18,20H,11-13H2,1-2H3. The summed E-state index contributed by atoms with van der Waals surface area (Å²) in [5.74, 6) is 0.730. The van der Waals surface area contributed by atoms with Crippen molar-refractivity contribution >= 4 is 11.8 Å². The fraction of sp³-hybridized carbons (Fsp3) is 0.353. The predicted molar refractivity (Wildman–Crippen MR) is 90.4 cm³/mol. The maximum absolute atomic E-state index is 10.1. The number of thioether (sulfide) groups is 1. The van der Waals surface area contributed by atoms with Crippen LogP contribution in [0, 0.1) is 0 Å². The molecule has 1 heterocycles. The van der Waals surface area contributed by atoms with Crippen LogP contribution in [0.4, 0.5) is 0 Å². The van der Waals surface area contributed by atoms with Crippen LogP contribution in [0.25, 0.3) is 11.3 Å². The average Bonchev–Trinajstić information content (AvgIpc) is 2.48. The van der Waals surface area contributed by atoms with E-state index < -0.39 is 5.60 Å². The van der Waals surface area contributed by atoms with E-state index >= 15 is 0 Å². The molecule has 0 aliphatic heterocycles. The monoisotopic (exact) mass is 302 g/mol. The summed E-state index contributed by atoms with van der Waals surface area (Å²) in [6.45, 7) is 3.19. The Morgan fingerprint density at radius 1 is 1.24 bits per heavy atom. The molecule has 0 amide bonds. The van der Waals surface area contributed by atoms with Crippen LogP contribution in [0.3, 0.4) is 0 Å². The molecule has 2 N–H and O–H groups in total. The molecule has 0 spiro atoms. The van der Waals surface area contributed by atoms with E-state index in [1.807, 2.05) is 37.4 Å². The fourth-order valence-electron chi connectivity index (χ4n) is 2.21. The van der Waals surface area contributed by atoms with Gasteiger partial charge >= 0.3 is 0 Å². The summed E-state index contributed by atoms with van der Waals surface area (Å²) in [6, 6.07) is 14.3. The SMILES string of the molecule is CSCC(C)(O)CNCc1cccc(-c2ccccn2)c1. The molecule has 4 heteroatoms. The summed E-state index contributed by atoms with van der Waals surface area (Å²) < 4.78 is 0. The highest BCUT2D eigenvalue weighted by Gasteiger charge is 2.18. The zero-order valence-corrected chi connectivity index (χ0v) is 13.4. The summed E-state index contributed by atoms with van der Waals surface area (Å²) >= 11 is 1.66. The molecule has 2 aromatic rings. The van der Waals surface area contributed by atoms with Crippen LogP contribution in [-0.2, 0) is 6.54 Å². The number of nitrogens with one attached hydrogen (secondary N) is 1. The number of hydrogen-bond acceptors (Lipinski definition) is 4. The molecule has 1 aromatic carbocycles. The maximum atomic E-state index is 10.1. The minimum atomic E-state index is -0.669. The van der Waals surface area contributed by atoms with Crippen molar-refractivity contribution in [1.29, 1.82) is 0 Å². The number of rotatable bonds is 7. The number of aliphatic hydroxyl groups is 1. The van der Waals surface area contributed by atoms with Gasteiger partial charge in [-0.2, -0.15) is 11.8 Å². The van der Waals surface area contributed by atoms with Gasteiger partial charge in [-0.1, -0.05) is 24.3 Å². The van der Waals surface area contributed by atoms with E-state index in [-0.39, 0.29) is 0 Å². The molecule has 0 saturated carbocycles. The molecular formula is C17H22N2OS. The summed E-state index contributed by atoms with van der Waals surface area (Å²) in [6.07, 6.45) is 3.81. The van der Waals surface area contributed by atoms with Crippen LogP contribution >= 0.6 is 11.8 Å². The molecule has 112 valence electrons. The van der Waals surface area contributed by atoms with Crippen molar-refractivity contribution in [1.82, 2.24) is 10.3 Å². The van der Waals surface area contributed by atoms with Gasteiger partial charge in [-0.15, -0.1) is 0 Å². The zero-order valence-electron chi connectivity index (χ0n) is 12.5. The van der Waals surface area contributed by atoms with Gasteiger partial charge in [0.2, 0.25) is 0 Å². The molecule has 3 nitrogen and oxygen atoms in total. The number of pyridine rings is 1. The van der Waals surface area contributed by atoms with E-state index in [1.54, 1.807) is 18.0 Å². The summed E-state index contributed by atoms with van der Waals surface area (Å²) in [7, 11) is 0. The van der Waals surface area contributed by atoms with Crippen molar-refractivity contribution in [3.05, 3.63) is 54.2 Å². The van der Waals surface area contributed by atoms with Crippen molar-refractivity contribution in [2.45, 2.75) is 19.1 Å². The van der Waals surface area contributed by atoms with Gasteiger partial charge in [0.15, 0.2) is 0 Å². The second kappa shape index (κ2) is 7.59. The first-order chi connectivity index (χ1) is 10.1. The van der Waals surface area contributed by atoms with Gasteiger partial charge in [-0.25, -0.2) is 0 Å². The Labute approximate surface area is 130 Å². The Kier molecular flexibility index (Phi) is 5.79. The van der Waals surface area contributed by atoms with Gasteiger partial charge in [-0.3, -0.25) is 4.98 Å². The molecule has 2 rings (SSSR count). The molecule has 0 radical (unpaired) electrons. The smallest absolute Gasteiger partial charge is 0.0833 e. The third kappa shape index (κ3) is 5.16. The molecule has 1 aromatic heterocycles. The van der Waals surface area contributed by atoms with Crippen LogP contribution in [-0.4, -0.2) is 34.2 Å². The molecule has 0 bridgehead atoms. The van der Waals surface area contributed by atoms with Crippen molar-refractivity contribution in [3.8, 4) is 11.3 Å². The van der Waals surface area contributed by atoms with Crippen molar-refractivity contribution in [3.63, 3.8) is 0 Å². The predicted octanol–water partition coefficient (Wildman–Crippen LogP) is 2.95. The summed E-state index contributed by atoms with van der Waals surface area (Å²) in [4.78, 5) is 4.37. The minimum Gasteiger partial charge on any atom is -0.388 e. The van der Waals surface area contributed by atoms with E-state index in [4.69, 9.17) is 0 Å². The number of nitrogens with zero attached hydrogens (tertiary/aromatic N) is 1. The topological polar surface area (TPSA) is 45.1 Å². The highest BCUT2D eigenvalue weighted by Crippen LogP contribution is 2.17. The van der Waals surface area contributed by atoms with Gasteiger partial charge < -0.3 is 10.4 Å². The third-order valence-electron chi connectivity index (χ3n) is 3.18. The van der Waals surface area contributed by atoms with Crippen molar-refractivity contribution < 1.29 is 5.11 Å². The molecule has 1 atom stereocenters. The zero-order chi connectivity index (χ0) is 15.1. The van der Waals surface area contributed by atoms with Crippen LogP contribution in [0.2, 0.25) is 0 Å². The van der Waals surface area contributed by atoms with Gasteiger partial charge in [0.25, 0.3) is 0 Å². The molecule has 0 aliphatic carbocycles. The summed E-state index contributed by atoms with van der Waals surface area (Å²) in [5, 5.41) is 13.5. The molecule has 1 unspecified atom stereocenters. The second-order valence-corrected chi connectivity index (χ2v) is 6.31. The number of benzene rings is 1. The van der Waals surface area contributed by atoms with Crippen LogP contribution in [0.1, 0.15) is 12.5 Å². The van der Waals surface area contributed by atoms with Gasteiger partial charge in [0.1, 0.15) is 0 Å². The Balaban J connectivity index is 1.96. The van der Waals surface area contributed by atoms with Crippen LogP contribution < -0.4 is 5.32 Å². The number of hydrogen-bond donors (Lipinski definition) is 2. The van der Waals surface area contributed by atoms with Crippen LogP contribution in [0.15, 0.2) is 48.7 Å². The largest absolute Gasteiger partial charge is 0.388 e. The Hall–Kier alpha value is -1.36. The van der Waals surface area contributed by atoms with E-state index in [2.05, 4.69) is 28.5 Å². The minimum absolute atomic E-state index is 0.585. The first kappa shape index (κ1) is 16.0. The first-order valence-electron chi connectivity index (χ1n) is 7.03. The average molecular weight is 302 g/mol. The fourth-order valence-corrected chi connectivity index (χ4v) is 2.94. The maximum Gasteiger partial charge on any atom is 0.0833 e. The second-order valence-electron chi connectivity index (χ2n) is 5.45. The quantitative estimate of drug-likeness (QED) is 0.825. The van der Waals surface area contributed by atoms with Gasteiger partial charge in [-0.05, 0) is 36.9 Å². The highest BCUT2D eigenvalue weighted by molar-refractivity contribution is 7.98. The lowest BCUT2D eigenvalue weighted by molar-refractivity contribution is 0.0846. The lowest BCUT2D eigenvalue weighted by atomic mass is 10.1. The van der Waals surface area contributed by atoms with E-state index in [9.17, 15) is 5.11 Å². The molecule has 0 saturated heterocycles. The lowest BCUT2D eigenvalue weighted by Gasteiger charge is -2.22. The van der Waals surface area contributed by atoms with Gasteiger partial charge in [0.05, 0.1) is 11.3 Å². The Morgan fingerprint density at radius 3 is 2.81 bits per heavy atom. The summed E-state index contributed by atoms with van der Waals surface area (Å²) in [5.41, 5.74) is 2.62. The van der Waals surface area contributed by atoms with Crippen molar-refractivity contribution in [2.24, 2.45) is 0 Å². The Morgan fingerprint density at radius 2 is 2.10 bits per heavy atom. The third-order valence-corrected chi connectivity index (χ3v) is 4.09. The van der Waals surface area contributed by atoms with Crippen LogP contribution in [0.5, 0.6) is 0 Å². The van der Waals surface area contributed by atoms with Gasteiger partial charge in [0, 0.05) is 30.6 Å². The van der Waals surface area contributed by atoms with Crippen molar-refractivity contribution in [2.75, 3.05) is 18.6 Å². The molecule has 21 heavy (non-hydrogen) atoms. The van der Waals surface area contributed by atoms with E-state index in [1.165, 1.54) is 5.56 Å². The Bertz CT molecular complexity index is 558. The normalized spacial score (nSPS) is 13.9. The number of aromatic nitrogens is 1. The first-order valence-corrected chi connectivity index (χ1v) is 8.42. The lowest BCUT2D eigenvalue weighted by Crippen LogP contribution is -2.39. The molecular weight excluding hydrogens is 280 g/mol. The molecule has 0 aliphatic rings. The highest BCUT2D eigenvalue weighted by atomic mass is 32.2. The molecule has 0 fully saturated rings.